The van der Waals surface area contributed by atoms with Crippen LogP contribution in [-0.4, -0.2) is 12.5 Å². The highest BCUT2D eigenvalue weighted by Gasteiger charge is 2.07. The fourth-order valence-electron chi connectivity index (χ4n) is 1.49. The zero-order valence-corrected chi connectivity index (χ0v) is 11.9. The number of rotatable bonds is 4. The van der Waals surface area contributed by atoms with E-state index in [0.717, 1.165) is 0 Å². The third-order valence-electron chi connectivity index (χ3n) is 2.46. The Morgan fingerprint density at radius 3 is 2.50 bits per heavy atom. The Kier molecular flexibility index (Phi) is 4.71. The van der Waals surface area contributed by atoms with Crippen LogP contribution < -0.4 is 15.8 Å². The summed E-state index contributed by atoms with van der Waals surface area (Å²) in [5, 5.41) is 3.52. The molecule has 2 rings (SSSR count). The van der Waals surface area contributed by atoms with Gasteiger partial charge in [-0.25, -0.2) is 0 Å². The average Bonchev–Trinajstić information content (AvgIpc) is 2.41. The van der Waals surface area contributed by atoms with E-state index in [9.17, 15) is 4.79 Å². The third kappa shape index (κ3) is 4.05. The molecule has 3 N–H and O–H groups in total. The Hall–Kier alpha value is -1.91. The van der Waals surface area contributed by atoms with Crippen molar-refractivity contribution in [1.82, 2.24) is 0 Å². The molecule has 1 amide bonds. The minimum Gasteiger partial charge on any atom is -0.484 e. The number of nitrogens with one attached hydrogen (secondary N) is 1. The lowest BCUT2D eigenvalue weighted by Crippen LogP contribution is -2.20. The van der Waals surface area contributed by atoms with Gasteiger partial charge in [-0.1, -0.05) is 23.2 Å². The second-order valence-electron chi connectivity index (χ2n) is 4.03. The normalized spacial score (nSPS) is 10.1. The SMILES string of the molecule is Nc1ccc(OCC(=O)Nc2ccc(Cl)cc2Cl)cc1. The van der Waals surface area contributed by atoms with E-state index in [1.54, 1.807) is 42.5 Å². The Labute approximate surface area is 126 Å². The lowest BCUT2D eigenvalue weighted by Gasteiger charge is -2.09. The van der Waals surface area contributed by atoms with Crippen LogP contribution in [0.4, 0.5) is 11.4 Å². The number of ether oxygens (including phenoxy) is 1. The van der Waals surface area contributed by atoms with Crippen LogP contribution >= 0.6 is 23.2 Å². The zero-order chi connectivity index (χ0) is 14.5. The highest BCUT2D eigenvalue weighted by molar-refractivity contribution is 6.36. The number of carbonyl (C=O) groups excluding carboxylic acids is 1. The lowest BCUT2D eigenvalue weighted by atomic mass is 10.3. The van der Waals surface area contributed by atoms with Crippen molar-refractivity contribution in [3.8, 4) is 5.75 Å². The lowest BCUT2D eigenvalue weighted by molar-refractivity contribution is -0.118. The summed E-state index contributed by atoms with van der Waals surface area (Å²) in [6, 6.07) is 11.6. The fraction of sp³-hybridized carbons (Fsp3) is 0.0714. The molecule has 2 aromatic carbocycles. The van der Waals surface area contributed by atoms with E-state index in [1.165, 1.54) is 0 Å². The fourth-order valence-corrected chi connectivity index (χ4v) is 1.95. The van der Waals surface area contributed by atoms with Crippen molar-refractivity contribution in [3.05, 3.63) is 52.5 Å². The Balaban J connectivity index is 1.90. The van der Waals surface area contributed by atoms with Gasteiger partial charge in [0.05, 0.1) is 10.7 Å². The first kappa shape index (κ1) is 14.5. The molecule has 0 spiro atoms. The minimum atomic E-state index is -0.314. The second-order valence-corrected chi connectivity index (χ2v) is 4.87. The number of nitrogen functional groups attached to an aromatic ring is 1. The highest BCUT2D eigenvalue weighted by atomic mass is 35.5. The van der Waals surface area contributed by atoms with Crippen molar-refractivity contribution in [3.63, 3.8) is 0 Å². The molecule has 104 valence electrons. The van der Waals surface area contributed by atoms with Crippen LogP contribution in [0.25, 0.3) is 0 Å². The quantitative estimate of drug-likeness (QED) is 0.848. The van der Waals surface area contributed by atoms with Gasteiger partial charge in [-0.15, -0.1) is 0 Å². The molecule has 0 saturated carbocycles. The molecule has 0 heterocycles. The van der Waals surface area contributed by atoms with Crippen LogP contribution in [0.3, 0.4) is 0 Å². The van der Waals surface area contributed by atoms with Gasteiger partial charge in [0.15, 0.2) is 6.61 Å². The van der Waals surface area contributed by atoms with Gasteiger partial charge < -0.3 is 15.8 Å². The number of nitrogens with two attached hydrogens (primary N) is 1. The van der Waals surface area contributed by atoms with E-state index < -0.39 is 0 Å². The first-order valence-corrected chi connectivity index (χ1v) is 6.53. The van der Waals surface area contributed by atoms with Crippen molar-refractivity contribution < 1.29 is 9.53 Å². The molecular formula is C14H12Cl2N2O2. The van der Waals surface area contributed by atoms with Crippen LogP contribution in [0.15, 0.2) is 42.5 Å². The Morgan fingerprint density at radius 1 is 1.15 bits per heavy atom. The van der Waals surface area contributed by atoms with Gasteiger partial charge >= 0.3 is 0 Å². The maximum Gasteiger partial charge on any atom is 0.262 e. The molecule has 20 heavy (non-hydrogen) atoms. The van der Waals surface area contributed by atoms with E-state index in [1.807, 2.05) is 0 Å². The van der Waals surface area contributed by atoms with Gasteiger partial charge in [0.25, 0.3) is 5.91 Å². The van der Waals surface area contributed by atoms with E-state index >= 15 is 0 Å². The maximum absolute atomic E-state index is 11.7. The van der Waals surface area contributed by atoms with Gasteiger partial charge in [-0.05, 0) is 42.5 Å². The van der Waals surface area contributed by atoms with Gasteiger partial charge in [-0.3, -0.25) is 4.79 Å². The van der Waals surface area contributed by atoms with Crippen molar-refractivity contribution in [1.29, 1.82) is 0 Å². The average molecular weight is 311 g/mol. The third-order valence-corrected chi connectivity index (χ3v) is 3.00. The molecule has 0 fully saturated rings. The summed E-state index contributed by atoms with van der Waals surface area (Å²) in [7, 11) is 0. The molecule has 0 radical (unpaired) electrons. The van der Waals surface area contributed by atoms with Gasteiger partial charge in [0.2, 0.25) is 0 Å². The maximum atomic E-state index is 11.7. The summed E-state index contributed by atoms with van der Waals surface area (Å²) in [6.07, 6.45) is 0. The summed E-state index contributed by atoms with van der Waals surface area (Å²) in [4.78, 5) is 11.7. The van der Waals surface area contributed by atoms with Crippen LogP contribution in [0.5, 0.6) is 5.75 Å². The van der Waals surface area contributed by atoms with Crippen molar-refractivity contribution in [2.45, 2.75) is 0 Å². The number of amides is 1. The molecule has 0 atom stereocenters. The second kappa shape index (κ2) is 6.50. The molecule has 0 bridgehead atoms. The number of hydrogen-bond acceptors (Lipinski definition) is 3. The molecule has 0 aromatic heterocycles. The molecule has 0 unspecified atom stereocenters. The Morgan fingerprint density at radius 2 is 1.85 bits per heavy atom. The molecule has 0 aliphatic rings. The van der Waals surface area contributed by atoms with Crippen LogP contribution in [0.2, 0.25) is 10.0 Å². The largest absolute Gasteiger partial charge is 0.484 e. The molecule has 0 saturated heterocycles. The van der Waals surface area contributed by atoms with Crippen molar-refractivity contribution >= 4 is 40.5 Å². The van der Waals surface area contributed by atoms with E-state index in [4.69, 9.17) is 33.7 Å². The minimum absolute atomic E-state index is 0.122. The first-order chi connectivity index (χ1) is 9.54. The predicted molar refractivity (Wildman–Crippen MR) is 81.4 cm³/mol. The van der Waals surface area contributed by atoms with Crippen LogP contribution in [0.1, 0.15) is 0 Å². The monoisotopic (exact) mass is 310 g/mol. The summed E-state index contributed by atoms with van der Waals surface area (Å²) in [5.41, 5.74) is 6.68. The van der Waals surface area contributed by atoms with Crippen molar-refractivity contribution in [2.24, 2.45) is 0 Å². The van der Waals surface area contributed by atoms with Crippen molar-refractivity contribution in [2.75, 3.05) is 17.7 Å². The summed E-state index contributed by atoms with van der Waals surface area (Å²) >= 11 is 11.7. The highest BCUT2D eigenvalue weighted by Crippen LogP contribution is 2.25. The molecule has 0 aliphatic heterocycles. The number of benzene rings is 2. The molecule has 0 aliphatic carbocycles. The van der Waals surface area contributed by atoms with Gasteiger partial charge in [-0.2, -0.15) is 0 Å². The summed E-state index contributed by atoms with van der Waals surface area (Å²) < 4.78 is 5.32. The van der Waals surface area contributed by atoms with E-state index in [0.29, 0.717) is 27.2 Å². The zero-order valence-electron chi connectivity index (χ0n) is 10.4. The van der Waals surface area contributed by atoms with Gasteiger partial charge in [0.1, 0.15) is 5.75 Å². The smallest absolute Gasteiger partial charge is 0.262 e. The standard InChI is InChI=1S/C14H12Cl2N2O2/c15-9-1-6-13(12(16)7-9)18-14(19)8-20-11-4-2-10(17)3-5-11/h1-7H,8,17H2,(H,18,19). The molecule has 4 nitrogen and oxygen atoms in total. The molecular weight excluding hydrogens is 299 g/mol. The number of anilines is 2. The van der Waals surface area contributed by atoms with Crippen LogP contribution in [-0.2, 0) is 4.79 Å². The Bertz CT molecular complexity index is 615. The van der Waals surface area contributed by atoms with E-state index in [-0.39, 0.29) is 12.5 Å². The summed E-state index contributed by atoms with van der Waals surface area (Å²) in [5.74, 6) is 0.252. The van der Waals surface area contributed by atoms with Gasteiger partial charge in [0, 0.05) is 10.7 Å². The number of hydrogen-bond donors (Lipinski definition) is 2. The number of carbonyl (C=O) groups is 1. The predicted octanol–water partition coefficient (Wildman–Crippen LogP) is 3.59. The van der Waals surface area contributed by atoms with E-state index in [2.05, 4.69) is 5.32 Å². The number of halogens is 2. The summed E-state index contributed by atoms with van der Waals surface area (Å²) in [6.45, 7) is -0.122. The topological polar surface area (TPSA) is 64.3 Å². The first-order valence-electron chi connectivity index (χ1n) is 5.78. The molecule has 6 heteroatoms. The van der Waals surface area contributed by atoms with Crippen LogP contribution in [0, 0.1) is 0 Å². The molecule has 2 aromatic rings.